The average molecular weight is 416 g/mol. The van der Waals surface area contributed by atoms with Gasteiger partial charge in [-0.2, -0.15) is 0 Å². The highest BCUT2D eigenvalue weighted by Crippen LogP contribution is 2.20. The third kappa shape index (κ3) is 4.22. The minimum Gasteiger partial charge on any atom is -0.381 e. The fourth-order valence-corrected chi connectivity index (χ4v) is 3.45. The van der Waals surface area contributed by atoms with Gasteiger partial charge in [-0.1, -0.05) is 34.1 Å². The van der Waals surface area contributed by atoms with Gasteiger partial charge in [-0.05, 0) is 43.7 Å². The molecule has 1 atom stereocenters. The maximum Gasteiger partial charge on any atom is 0.254 e. The lowest BCUT2D eigenvalue weighted by atomic mass is 9.97. The van der Waals surface area contributed by atoms with E-state index in [0.717, 1.165) is 17.5 Å². The van der Waals surface area contributed by atoms with Gasteiger partial charge in [0.25, 0.3) is 5.91 Å². The largest absolute Gasteiger partial charge is 0.381 e. The van der Waals surface area contributed by atoms with E-state index in [2.05, 4.69) is 15.9 Å². The van der Waals surface area contributed by atoms with E-state index in [4.69, 9.17) is 4.74 Å². The molecule has 0 saturated carbocycles. The molecule has 1 saturated heterocycles. The SMILES string of the molecule is CCN(CC1CCOC1)C(=O)c1ccccc1C(=O)c1ccc(Br)cc1. The predicted octanol–water partition coefficient (Wildman–Crippen LogP) is 4.18. The average Bonchev–Trinajstić information content (AvgIpc) is 3.19. The number of amides is 1. The summed E-state index contributed by atoms with van der Waals surface area (Å²) < 4.78 is 6.33. The van der Waals surface area contributed by atoms with Crippen molar-refractivity contribution in [3.63, 3.8) is 0 Å². The molecule has 1 aliphatic heterocycles. The molecule has 1 amide bonds. The van der Waals surface area contributed by atoms with Gasteiger partial charge in [-0.25, -0.2) is 0 Å². The van der Waals surface area contributed by atoms with Crippen LogP contribution in [0.25, 0.3) is 0 Å². The van der Waals surface area contributed by atoms with Crippen molar-refractivity contribution in [1.29, 1.82) is 0 Å². The molecule has 1 heterocycles. The first-order valence-corrected chi connectivity index (χ1v) is 9.65. The van der Waals surface area contributed by atoms with Crippen molar-refractivity contribution >= 4 is 27.6 Å². The molecule has 2 aromatic carbocycles. The number of ketones is 1. The molecule has 0 aliphatic carbocycles. The van der Waals surface area contributed by atoms with Gasteiger partial charge in [0.05, 0.1) is 12.2 Å². The second-order valence-corrected chi connectivity index (χ2v) is 7.37. The number of carbonyl (C=O) groups is 2. The van der Waals surface area contributed by atoms with Gasteiger partial charge in [0, 0.05) is 41.2 Å². The monoisotopic (exact) mass is 415 g/mol. The third-order valence-electron chi connectivity index (χ3n) is 4.68. The highest BCUT2D eigenvalue weighted by Gasteiger charge is 2.25. The molecule has 1 unspecified atom stereocenters. The first kappa shape index (κ1) is 18.8. The van der Waals surface area contributed by atoms with Gasteiger partial charge >= 0.3 is 0 Å². The molecule has 3 rings (SSSR count). The summed E-state index contributed by atoms with van der Waals surface area (Å²) >= 11 is 3.38. The molecule has 1 aliphatic rings. The van der Waals surface area contributed by atoms with E-state index in [0.29, 0.717) is 42.3 Å². The van der Waals surface area contributed by atoms with Crippen LogP contribution in [0.4, 0.5) is 0 Å². The van der Waals surface area contributed by atoms with Gasteiger partial charge in [-0.3, -0.25) is 9.59 Å². The lowest BCUT2D eigenvalue weighted by Crippen LogP contribution is -2.36. The summed E-state index contributed by atoms with van der Waals surface area (Å²) in [5.41, 5.74) is 1.47. The highest BCUT2D eigenvalue weighted by atomic mass is 79.9. The first-order chi connectivity index (χ1) is 12.6. The van der Waals surface area contributed by atoms with Crippen LogP contribution < -0.4 is 0 Å². The summed E-state index contributed by atoms with van der Waals surface area (Å²) in [6.45, 7) is 4.69. The molecule has 2 aromatic rings. The lowest BCUT2D eigenvalue weighted by Gasteiger charge is -2.24. The van der Waals surface area contributed by atoms with Crippen LogP contribution >= 0.6 is 15.9 Å². The Kier molecular flexibility index (Phi) is 6.22. The van der Waals surface area contributed by atoms with E-state index in [1.165, 1.54) is 0 Å². The highest BCUT2D eigenvalue weighted by molar-refractivity contribution is 9.10. The minimum absolute atomic E-state index is 0.0968. The van der Waals surface area contributed by atoms with Crippen molar-refractivity contribution in [2.45, 2.75) is 13.3 Å². The van der Waals surface area contributed by atoms with Crippen LogP contribution in [0.3, 0.4) is 0 Å². The zero-order valence-electron chi connectivity index (χ0n) is 14.8. The summed E-state index contributed by atoms with van der Waals surface area (Å²) in [4.78, 5) is 27.8. The molecule has 5 heteroatoms. The van der Waals surface area contributed by atoms with Crippen LogP contribution in [0.2, 0.25) is 0 Å². The van der Waals surface area contributed by atoms with Crippen LogP contribution in [-0.4, -0.2) is 42.9 Å². The van der Waals surface area contributed by atoms with Crippen molar-refractivity contribution in [3.05, 3.63) is 69.7 Å². The second-order valence-electron chi connectivity index (χ2n) is 6.46. The van der Waals surface area contributed by atoms with Gasteiger partial charge in [-0.15, -0.1) is 0 Å². The molecule has 1 fully saturated rings. The minimum atomic E-state index is -0.137. The van der Waals surface area contributed by atoms with Crippen LogP contribution in [0, 0.1) is 5.92 Å². The molecule has 0 aromatic heterocycles. The Bertz CT molecular complexity index is 782. The molecule has 136 valence electrons. The quantitative estimate of drug-likeness (QED) is 0.664. The summed E-state index contributed by atoms with van der Waals surface area (Å²) in [6, 6.07) is 14.3. The molecular weight excluding hydrogens is 394 g/mol. The molecule has 0 N–H and O–H groups in total. The summed E-state index contributed by atoms with van der Waals surface area (Å²) in [7, 11) is 0. The van der Waals surface area contributed by atoms with Crippen molar-refractivity contribution in [2.24, 2.45) is 5.92 Å². The summed E-state index contributed by atoms with van der Waals surface area (Å²) in [5, 5.41) is 0. The van der Waals surface area contributed by atoms with E-state index >= 15 is 0 Å². The van der Waals surface area contributed by atoms with E-state index in [1.807, 2.05) is 24.0 Å². The fraction of sp³-hybridized carbons (Fsp3) is 0.333. The molecule has 0 bridgehead atoms. The number of hydrogen-bond acceptors (Lipinski definition) is 3. The molecule has 4 nitrogen and oxygen atoms in total. The molecule has 0 spiro atoms. The van der Waals surface area contributed by atoms with Gasteiger partial charge in [0.15, 0.2) is 5.78 Å². The van der Waals surface area contributed by atoms with Crippen LogP contribution in [0.5, 0.6) is 0 Å². The topological polar surface area (TPSA) is 46.6 Å². The Hall–Kier alpha value is -1.98. The van der Waals surface area contributed by atoms with Gasteiger partial charge in [0.2, 0.25) is 0 Å². The smallest absolute Gasteiger partial charge is 0.254 e. The van der Waals surface area contributed by atoms with Crippen molar-refractivity contribution < 1.29 is 14.3 Å². The number of halogens is 1. The second kappa shape index (κ2) is 8.60. The van der Waals surface area contributed by atoms with Crippen molar-refractivity contribution in [1.82, 2.24) is 4.90 Å². The Morgan fingerprint density at radius 1 is 1.12 bits per heavy atom. The van der Waals surface area contributed by atoms with E-state index < -0.39 is 0 Å². The maximum absolute atomic E-state index is 13.1. The predicted molar refractivity (Wildman–Crippen MR) is 105 cm³/mol. The Morgan fingerprint density at radius 2 is 1.81 bits per heavy atom. The summed E-state index contributed by atoms with van der Waals surface area (Å²) in [6.07, 6.45) is 0.975. The Morgan fingerprint density at radius 3 is 2.42 bits per heavy atom. The molecule has 0 radical (unpaired) electrons. The number of ether oxygens (including phenoxy) is 1. The van der Waals surface area contributed by atoms with Crippen LogP contribution in [0.15, 0.2) is 53.0 Å². The molecular formula is C21H22BrNO3. The number of benzene rings is 2. The van der Waals surface area contributed by atoms with Crippen LogP contribution in [0.1, 0.15) is 39.6 Å². The fourth-order valence-electron chi connectivity index (χ4n) is 3.19. The maximum atomic E-state index is 13.1. The van der Waals surface area contributed by atoms with Crippen molar-refractivity contribution in [3.8, 4) is 0 Å². The van der Waals surface area contributed by atoms with Gasteiger partial charge < -0.3 is 9.64 Å². The number of hydrogen-bond donors (Lipinski definition) is 0. The van der Waals surface area contributed by atoms with Gasteiger partial charge in [0.1, 0.15) is 0 Å². The lowest BCUT2D eigenvalue weighted by molar-refractivity contribution is 0.0727. The van der Waals surface area contributed by atoms with E-state index in [1.54, 1.807) is 36.4 Å². The van der Waals surface area contributed by atoms with E-state index in [-0.39, 0.29) is 11.7 Å². The normalized spacial score (nSPS) is 16.5. The zero-order valence-corrected chi connectivity index (χ0v) is 16.4. The van der Waals surface area contributed by atoms with Crippen molar-refractivity contribution in [2.75, 3.05) is 26.3 Å². The summed E-state index contributed by atoms with van der Waals surface area (Å²) in [5.74, 6) is 0.135. The third-order valence-corrected chi connectivity index (χ3v) is 5.21. The number of nitrogens with zero attached hydrogens (tertiary/aromatic N) is 1. The first-order valence-electron chi connectivity index (χ1n) is 8.86. The van der Waals surface area contributed by atoms with E-state index in [9.17, 15) is 9.59 Å². The molecule has 26 heavy (non-hydrogen) atoms. The van der Waals surface area contributed by atoms with Crippen LogP contribution in [-0.2, 0) is 4.74 Å². The Balaban J connectivity index is 1.86. The zero-order chi connectivity index (χ0) is 18.5. The number of rotatable bonds is 6. The number of carbonyl (C=O) groups excluding carboxylic acids is 2. The Labute approximate surface area is 162 Å². The standard InChI is InChI=1S/C21H22BrNO3/c1-2-23(13-15-11-12-26-14-15)21(25)19-6-4-3-5-18(19)20(24)16-7-9-17(22)10-8-16/h3-10,15H,2,11-14H2,1H3.